The van der Waals surface area contributed by atoms with Gasteiger partial charge in [-0.1, -0.05) is 17.7 Å². The van der Waals surface area contributed by atoms with Crippen LogP contribution in [0.5, 0.6) is 5.75 Å². The molecule has 144 valence electrons. The Kier molecular flexibility index (Phi) is 6.53. The number of amides is 1. The number of carbonyl (C=O) groups excluding carboxylic acids is 1. The van der Waals surface area contributed by atoms with Crippen molar-refractivity contribution >= 4 is 23.3 Å². The SMILES string of the molecule is CNCCCOc1ccc(CN2CCN(C)c3ncccc3C2=O)c(Cl)c1. The largest absolute Gasteiger partial charge is 0.493 e. The van der Waals surface area contributed by atoms with Crippen molar-refractivity contribution in [1.29, 1.82) is 0 Å². The van der Waals surface area contributed by atoms with Gasteiger partial charge in [-0.15, -0.1) is 0 Å². The number of anilines is 1. The summed E-state index contributed by atoms with van der Waals surface area (Å²) in [4.78, 5) is 21.1. The third kappa shape index (κ3) is 4.70. The Bertz CT molecular complexity index is 799. The molecule has 1 amide bonds. The molecule has 27 heavy (non-hydrogen) atoms. The quantitative estimate of drug-likeness (QED) is 0.739. The van der Waals surface area contributed by atoms with E-state index in [0.29, 0.717) is 30.3 Å². The van der Waals surface area contributed by atoms with Crippen LogP contribution in [0, 0.1) is 0 Å². The van der Waals surface area contributed by atoms with Crippen LogP contribution >= 0.6 is 11.6 Å². The number of hydrogen-bond donors (Lipinski definition) is 1. The Hall–Kier alpha value is -2.31. The number of aromatic nitrogens is 1. The lowest BCUT2D eigenvalue weighted by Gasteiger charge is -2.22. The van der Waals surface area contributed by atoms with Crippen molar-refractivity contribution in [2.24, 2.45) is 0 Å². The number of nitrogens with zero attached hydrogens (tertiary/aromatic N) is 3. The number of pyridine rings is 1. The lowest BCUT2D eigenvalue weighted by molar-refractivity contribution is 0.0755. The first-order chi connectivity index (χ1) is 13.1. The molecule has 0 radical (unpaired) electrons. The Morgan fingerprint density at radius 2 is 2.15 bits per heavy atom. The van der Waals surface area contributed by atoms with Crippen molar-refractivity contribution in [3.05, 3.63) is 52.7 Å². The van der Waals surface area contributed by atoms with E-state index >= 15 is 0 Å². The summed E-state index contributed by atoms with van der Waals surface area (Å²) in [6.45, 7) is 3.34. The van der Waals surface area contributed by atoms with Crippen molar-refractivity contribution in [2.75, 3.05) is 45.2 Å². The van der Waals surface area contributed by atoms with Crippen molar-refractivity contribution in [1.82, 2.24) is 15.2 Å². The molecule has 1 aliphatic heterocycles. The zero-order valence-electron chi connectivity index (χ0n) is 15.7. The van der Waals surface area contributed by atoms with E-state index in [1.807, 2.05) is 48.2 Å². The highest BCUT2D eigenvalue weighted by Gasteiger charge is 2.26. The van der Waals surface area contributed by atoms with Gasteiger partial charge in [-0.05, 0) is 49.8 Å². The topological polar surface area (TPSA) is 57.7 Å². The highest BCUT2D eigenvalue weighted by molar-refractivity contribution is 6.31. The number of likely N-dealkylation sites (N-methyl/N-ethyl adjacent to an activating group) is 1. The second kappa shape index (κ2) is 9.06. The predicted octanol–water partition coefficient (Wildman–Crippen LogP) is 2.82. The lowest BCUT2D eigenvalue weighted by atomic mass is 10.1. The van der Waals surface area contributed by atoms with Crippen LogP contribution in [0.2, 0.25) is 5.02 Å². The molecule has 0 aliphatic carbocycles. The molecule has 1 aromatic heterocycles. The van der Waals surface area contributed by atoms with Crippen molar-refractivity contribution in [3.8, 4) is 5.75 Å². The second-order valence-corrected chi connectivity index (χ2v) is 6.99. The molecule has 0 bridgehead atoms. The van der Waals surface area contributed by atoms with Gasteiger partial charge < -0.3 is 19.9 Å². The fourth-order valence-corrected chi connectivity index (χ4v) is 3.29. The van der Waals surface area contributed by atoms with Gasteiger partial charge in [0.25, 0.3) is 5.91 Å². The number of hydrogen-bond acceptors (Lipinski definition) is 5. The molecule has 1 aromatic carbocycles. The molecule has 2 heterocycles. The van der Waals surface area contributed by atoms with Crippen LogP contribution in [-0.4, -0.2) is 56.1 Å². The Morgan fingerprint density at radius 3 is 2.93 bits per heavy atom. The maximum absolute atomic E-state index is 13.0. The zero-order valence-corrected chi connectivity index (χ0v) is 16.5. The monoisotopic (exact) mass is 388 g/mol. The molecule has 0 saturated heterocycles. The zero-order chi connectivity index (χ0) is 19.2. The van der Waals surface area contributed by atoms with Crippen LogP contribution in [0.25, 0.3) is 0 Å². The fourth-order valence-electron chi connectivity index (χ4n) is 3.06. The second-order valence-electron chi connectivity index (χ2n) is 6.58. The number of carbonyl (C=O) groups is 1. The lowest BCUT2D eigenvalue weighted by Crippen LogP contribution is -2.33. The van der Waals surface area contributed by atoms with Gasteiger partial charge in [0.1, 0.15) is 11.6 Å². The molecule has 0 saturated carbocycles. The molecule has 0 fully saturated rings. The molecule has 0 spiro atoms. The van der Waals surface area contributed by atoms with Crippen molar-refractivity contribution < 1.29 is 9.53 Å². The smallest absolute Gasteiger partial charge is 0.257 e. The van der Waals surface area contributed by atoms with E-state index in [0.717, 1.165) is 36.6 Å². The van der Waals surface area contributed by atoms with Crippen LogP contribution in [0.15, 0.2) is 36.5 Å². The molecular formula is C20H25ClN4O2. The van der Waals surface area contributed by atoms with Gasteiger partial charge in [-0.2, -0.15) is 0 Å². The summed E-state index contributed by atoms with van der Waals surface area (Å²) >= 11 is 6.45. The summed E-state index contributed by atoms with van der Waals surface area (Å²) in [6.07, 6.45) is 2.64. The van der Waals surface area contributed by atoms with Gasteiger partial charge in [0.05, 0.1) is 12.2 Å². The molecule has 0 unspecified atom stereocenters. The highest BCUT2D eigenvalue weighted by atomic mass is 35.5. The predicted molar refractivity (Wildman–Crippen MR) is 108 cm³/mol. The number of halogens is 1. The average molecular weight is 389 g/mol. The fraction of sp³-hybridized carbons (Fsp3) is 0.400. The maximum atomic E-state index is 13.0. The summed E-state index contributed by atoms with van der Waals surface area (Å²) in [5, 5.41) is 3.70. The molecule has 3 rings (SSSR count). The normalized spacial score (nSPS) is 14.1. The van der Waals surface area contributed by atoms with E-state index in [9.17, 15) is 4.79 Å². The number of nitrogens with one attached hydrogen (secondary N) is 1. The van der Waals surface area contributed by atoms with E-state index < -0.39 is 0 Å². The summed E-state index contributed by atoms with van der Waals surface area (Å²) in [5.74, 6) is 1.45. The molecule has 2 aromatic rings. The Balaban J connectivity index is 1.70. The minimum Gasteiger partial charge on any atom is -0.493 e. The number of benzene rings is 1. The van der Waals surface area contributed by atoms with E-state index in [-0.39, 0.29) is 5.91 Å². The number of rotatable bonds is 7. The van der Waals surface area contributed by atoms with Crippen molar-refractivity contribution in [3.63, 3.8) is 0 Å². The van der Waals surface area contributed by atoms with Gasteiger partial charge >= 0.3 is 0 Å². The molecule has 7 heteroatoms. The molecule has 1 aliphatic rings. The number of fused-ring (bicyclic) bond motifs is 1. The minimum atomic E-state index is -0.0223. The molecular weight excluding hydrogens is 364 g/mol. The van der Waals surface area contributed by atoms with Crippen LogP contribution < -0.4 is 15.0 Å². The van der Waals surface area contributed by atoms with Crippen LogP contribution in [0.3, 0.4) is 0 Å². The van der Waals surface area contributed by atoms with Crippen LogP contribution in [0.4, 0.5) is 5.82 Å². The van der Waals surface area contributed by atoms with Gasteiger partial charge in [0.15, 0.2) is 0 Å². The highest BCUT2D eigenvalue weighted by Crippen LogP contribution is 2.27. The maximum Gasteiger partial charge on any atom is 0.257 e. The first kappa shape index (κ1) is 19.5. The van der Waals surface area contributed by atoms with Crippen LogP contribution in [-0.2, 0) is 6.54 Å². The third-order valence-electron chi connectivity index (χ3n) is 4.60. The van der Waals surface area contributed by atoms with E-state index in [4.69, 9.17) is 16.3 Å². The summed E-state index contributed by atoms with van der Waals surface area (Å²) in [6, 6.07) is 9.27. The molecule has 1 N–H and O–H groups in total. The molecule has 0 atom stereocenters. The third-order valence-corrected chi connectivity index (χ3v) is 4.95. The molecule has 6 nitrogen and oxygen atoms in total. The summed E-state index contributed by atoms with van der Waals surface area (Å²) in [5.41, 5.74) is 1.53. The van der Waals surface area contributed by atoms with E-state index in [2.05, 4.69) is 10.3 Å². The van der Waals surface area contributed by atoms with Gasteiger partial charge in [0, 0.05) is 37.9 Å². The first-order valence-corrected chi connectivity index (χ1v) is 9.49. The first-order valence-electron chi connectivity index (χ1n) is 9.11. The van der Waals surface area contributed by atoms with E-state index in [1.165, 1.54) is 0 Å². The van der Waals surface area contributed by atoms with Crippen LogP contribution in [0.1, 0.15) is 22.3 Å². The van der Waals surface area contributed by atoms with Crippen molar-refractivity contribution in [2.45, 2.75) is 13.0 Å². The van der Waals surface area contributed by atoms with Gasteiger partial charge in [0.2, 0.25) is 0 Å². The number of ether oxygens (including phenoxy) is 1. The Morgan fingerprint density at radius 1 is 1.30 bits per heavy atom. The van der Waals surface area contributed by atoms with Gasteiger partial charge in [-0.3, -0.25) is 4.79 Å². The van der Waals surface area contributed by atoms with E-state index in [1.54, 1.807) is 12.3 Å². The van der Waals surface area contributed by atoms with Gasteiger partial charge in [-0.25, -0.2) is 4.98 Å². The summed E-state index contributed by atoms with van der Waals surface area (Å²) < 4.78 is 5.72. The summed E-state index contributed by atoms with van der Waals surface area (Å²) in [7, 11) is 3.87. The Labute approximate surface area is 165 Å². The minimum absolute atomic E-state index is 0.0223. The standard InChI is InChI=1S/C20H25ClN4O2/c1-22-8-4-12-27-16-7-6-15(18(21)13-16)14-25-11-10-24(2)19-17(20(25)26)5-3-9-23-19/h3,5-7,9,13,22H,4,8,10-12,14H2,1-2H3. The average Bonchev–Trinajstić information content (AvgIpc) is 2.79.